The highest BCUT2D eigenvalue weighted by atomic mass is 16.3. The summed E-state index contributed by atoms with van der Waals surface area (Å²) in [5, 5.41) is 12.2. The molecule has 2 unspecified atom stereocenters. The van der Waals surface area contributed by atoms with E-state index in [0.717, 1.165) is 25.9 Å². The predicted molar refractivity (Wildman–Crippen MR) is 60.3 cm³/mol. The Balaban J connectivity index is 1.78. The molecule has 1 aliphatic heterocycles. The van der Waals surface area contributed by atoms with E-state index >= 15 is 0 Å². The average Bonchev–Trinajstić information content (AvgIpc) is 3.02. The summed E-state index contributed by atoms with van der Waals surface area (Å²) in [5.41, 5.74) is 0.366. The van der Waals surface area contributed by atoms with E-state index in [1.807, 2.05) is 6.07 Å². The molecule has 2 heterocycles. The number of furan rings is 1. The third-order valence-corrected chi connectivity index (χ3v) is 4.03. The van der Waals surface area contributed by atoms with Crippen molar-refractivity contribution < 1.29 is 9.21 Å². The van der Waals surface area contributed by atoms with Crippen molar-refractivity contribution in [3.63, 3.8) is 0 Å². The monoisotopic (exact) mass is 230 g/mol. The van der Waals surface area contributed by atoms with Crippen molar-refractivity contribution >= 4 is 5.78 Å². The van der Waals surface area contributed by atoms with Crippen molar-refractivity contribution in [2.24, 2.45) is 17.8 Å². The maximum Gasteiger partial charge on any atom is 0.202 e. The first-order valence-corrected chi connectivity index (χ1v) is 6.02. The lowest BCUT2D eigenvalue weighted by Gasteiger charge is -2.08. The number of Topliss-reactive ketones (excluding diaryl/α,β-unsaturated/α-hetero) is 1. The van der Waals surface area contributed by atoms with Crippen LogP contribution in [0.25, 0.3) is 0 Å². The van der Waals surface area contributed by atoms with Gasteiger partial charge in [-0.05, 0) is 43.8 Å². The lowest BCUT2D eigenvalue weighted by atomic mass is 9.97. The average molecular weight is 230 g/mol. The largest absolute Gasteiger partial charge is 0.460 e. The standard InChI is InChI=1S/C13H14N2O2/c14-5-8-1-2-17-13(8)12(16)9-3-10-6-15-7-11(10)4-9/h1-2,9-11,15H,3-4,6-7H2. The summed E-state index contributed by atoms with van der Waals surface area (Å²) in [5.74, 6) is 1.57. The summed E-state index contributed by atoms with van der Waals surface area (Å²) in [6.07, 6.45) is 3.28. The van der Waals surface area contributed by atoms with E-state index < -0.39 is 0 Å². The van der Waals surface area contributed by atoms with E-state index in [1.54, 1.807) is 6.07 Å². The third-order valence-electron chi connectivity index (χ3n) is 4.03. The normalized spacial score (nSPS) is 31.1. The zero-order valence-electron chi connectivity index (χ0n) is 9.48. The number of rotatable bonds is 2. The lowest BCUT2D eigenvalue weighted by molar-refractivity contribution is 0.0888. The lowest BCUT2D eigenvalue weighted by Crippen LogP contribution is -2.17. The zero-order valence-corrected chi connectivity index (χ0v) is 9.48. The molecule has 0 spiro atoms. The molecule has 1 aromatic rings. The topological polar surface area (TPSA) is 66.0 Å². The summed E-state index contributed by atoms with van der Waals surface area (Å²) in [7, 11) is 0. The van der Waals surface area contributed by atoms with Gasteiger partial charge in [0, 0.05) is 5.92 Å². The van der Waals surface area contributed by atoms with Crippen LogP contribution >= 0.6 is 0 Å². The summed E-state index contributed by atoms with van der Waals surface area (Å²) in [6, 6.07) is 3.56. The van der Waals surface area contributed by atoms with Crippen molar-refractivity contribution in [3.8, 4) is 6.07 Å². The van der Waals surface area contributed by atoms with Gasteiger partial charge in [-0.3, -0.25) is 4.79 Å². The molecule has 1 saturated heterocycles. The first-order valence-electron chi connectivity index (χ1n) is 6.02. The first kappa shape index (κ1) is 10.5. The molecule has 1 aromatic heterocycles. The second-order valence-electron chi connectivity index (χ2n) is 4.99. The fourth-order valence-electron chi connectivity index (χ4n) is 3.15. The number of hydrogen-bond acceptors (Lipinski definition) is 4. The molecule has 1 saturated carbocycles. The fourth-order valence-corrected chi connectivity index (χ4v) is 3.15. The molecule has 4 heteroatoms. The number of nitriles is 1. The molecule has 0 bridgehead atoms. The number of carbonyl (C=O) groups excluding carboxylic acids is 1. The number of nitrogens with zero attached hydrogens (tertiary/aromatic N) is 1. The van der Waals surface area contributed by atoms with Crippen molar-refractivity contribution in [2.45, 2.75) is 12.8 Å². The maximum absolute atomic E-state index is 12.3. The van der Waals surface area contributed by atoms with Gasteiger partial charge < -0.3 is 9.73 Å². The minimum atomic E-state index is 0.0148. The van der Waals surface area contributed by atoms with Crippen LogP contribution in [0.15, 0.2) is 16.7 Å². The highest BCUT2D eigenvalue weighted by molar-refractivity contribution is 5.97. The van der Waals surface area contributed by atoms with Crippen LogP contribution in [-0.2, 0) is 0 Å². The Labute approximate surface area is 99.6 Å². The summed E-state index contributed by atoms with van der Waals surface area (Å²) in [6.45, 7) is 2.05. The van der Waals surface area contributed by atoms with Gasteiger partial charge in [-0.25, -0.2) is 0 Å². The minimum absolute atomic E-state index is 0.0148. The summed E-state index contributed by atoms with van der Waals surface area (Å²) < 4.78 is 5.16. The number of hydrogen-bond donors (Lipinski definition) is 1. The minimum Gasteiger partial charge on any atom is -0.460 e. The van der Waals surface area contributed by atoms with Crippen LogP contribution in [0, 0.1) is 29.1 Å². The second kappa shape index (κ2) is 4.01. The number of nitrogens with one attached hydrogen (secondary N) is 1. The fraction of sp³-hybridized carbons (Fsp3) is 0.538. The molecule has 17 heavy (non-hydrogen) atoms. The van der Waals surface area contributed by atoms with Gasteiger partial charge >= 0.3 is 0 Å². The predicted octanol–water partition coefficient (Wildman–Crippen LogP) is 1.58. The maximum atomic E-state index is 12.3. The van der Waals surface area contributed by atoms with E-state index in [0.29, 0.717) is 17.4 Å². The third kappa shape index (κ3) is 1.67. The molecule has 0 amide bonds. The molecule has 2 atom stereocenters. The van der Waals surface area contributed by atoms with Crippen LogP contribution in [0.4, 0.5) is 0 Å². The molecule has 3 rings (SSSR count). The van der Waals surface area contributed by atoms with Gasteiger partial charge in [0.1, 0.15) is 11.6 Å². The van der Waals surface area contributed by atoms with E-state index in [-0.39, 0.29) is 17.5 Å². The Hall–Kier alpha value is -1.60. The first-order chi connectivity index (χ1) is 8.29. The van der Waals surface area contributed by atoms with Crippen LogP contribution in [-0.4, -0.2) is 18.9 Å². The molecule has 1 N–H and O–H groups in total. The molecule has 2 fully saturated rings. The Kier molecular flexibility index (Phi) is 2.49. The Morgan fingerprint density at radius 1 is 1.41 bits per heavy atom. The van der Waals surface area contributed by atoms with Gasteiger partial charge in [-0.15, -0.1) is 0 Å². The summed E-state index contributed by atoms with van der Waals surface area (Å²) >= 11 is 0. The molecular formula is C13H14N2O2. The molecular weight excluding hydrogens is 216 g/mol. The number of carbonyl (C=O) groups is 1. The molecule has 1 aliphatic carbocycles. The number of ketones is 1. The van der Waals surface area contributed by atoms with Crippen LogP contribution in [0.2, 0.25) is 0 Å². The molecule has 4 nitrogen and oxygen atoms in total. The molecule has 0 aromatic carbocycles. The van der Waals surface area contributed by atoms with Crippen LogP contribution in [0.1, 0.15) is 29.0 Å². The van der Waals surface area contributed by atoms with E-state index in [2.05, 4.69) is 5.32 Å². The molecule has 0 radical (unpaired) electrons. The van der Waals surface area contributed by atoms with Crippen molar-refractivity contribution in [1.29, 1.82) is 5.26 Å². The quantitative estimate of drug-likeness (QED) is 0.783. The van der Waals surface area contributed by atoms with Gasteiger partial charge in [-0.2, -0.15) is 5.26 Å². The highest BCUT2D eigenvalue weighted by Gasteiger charge is 2.41. The van der Waals surface area contributed by atoms with Crippen LogP contribution in [0.3, 0.4) is 0 Å². The van der Waals surface area contributed by atoms with Gasteiger partial charge in [0.25, 0.3) is 0 Å². The van der Waals surface area contributed by atoms with Gasteiger partial charge in [0.2, 0.25) is 5.78 Å². The summed E-state index contributed by atoms with van der Waals surface area (Å²) in [4.78, 5) is 12.3. The van der Waals surface area contributed by atoms with Crippen molar-refractivity contribution in [3.05, 3.63) is 23.7 Å². The smallest absolute Gasteiger partial charge is 0.202 e. The Morgan fingerprint density at radius 3 is 2.76 bits per heavy atom. The molecule has 2 aliphatic rings. The van der Waals surface area contributed by atoms with Crippen molar-refractivity contribution in [2.75, 3.05) is 13.1 Å². The van der Waals surface area contributed by atoms with Gasteiger partial charge in [0.05, 0.1) is 6.26 Å². The zero-order chi connectivity index (χ0) is 11.8. The van der Waals surface area contributed by atoms with E-state index in [9.17, 15) is 4.79 Å². The highest BCUT2D eigenvalue weighted by Crippen LogP contribution is 2.40. The van der Waals surface area contributed by atoms with Gasteiger partial charge in [-0.1, -0.05) is 0 Å². The van der Waals surface area contributed by atoms with E-state index in [4.69, 9.17) is 9.68 Å². The Morgan fingerprint density at radius 2 is 2.12 bits per heavy atom. The van der Waals surface area contributed by atoms with Crippen LogP contribution in [0.5, 0.6) is 0 Å². The second-order valence-corrected chi connectivity index (χ2v) is 4.99. The van der Waals surface area contributed by atoms with Gasteiger partial charge in [0.15, 0.2) is 5.76 Å². The molecule has 88 valence electrons. The van der Waals surface area contributed by atoms with Crippen molar-refractivity contribution in [1.82, 2.24) is 5.32 Å². The van der Waals surface area contributed by atoms with E-state index in [1.165, 1.54) is 6.26 Å². The Bertz CT molecular complexity index is 474. The van der Waals surface area contributed by atoms with Crippen LogP contribution < -0.4 is 5.32 Å². The number of fused-ring (bicyclic) bond motifs is 1. The SMILES string of the molecule is N#Cc1ccoc1C(=O)C1CC2CNCC2C1.